The summed E-state index contributed by atoms with van der Waals surface area (Å²) >= 11 is 6.02. The van der Waals surface area contributed by atoms with Crippen LogP contribution < -0.4 is 43.0 Å². The van der Waals surface area contributed by atoms with Crippen LogP contribution in [0.25, 0.3) is 11.1 Å². The molecule has 2 rings (SSSR count). The molecule has 20 nitrogen and oxygen atoms in total. The van der Waals surface area contributed by atoms with Gasteiger partial charge < -0.3 is 62.3 Å². The van der Waals surface area contributed by atoms with E-state index in [0.29, 0.717) is 17.9 Å². The third-order valence-electron chi connectivity index (χ3n) is 8.80. The molecule has 0 spiro atoms. The fourth-order valence-corrected chi connectivity index (χ4v) is 5.87. The molecule has 0 aliphatic heterocycles. The number of hydrogen-bond donors (Lipinski definition) is 9. The number of hydrogen-bond acceptors (Lipinski definition) is 12. The average Bonchev–Trinajstić information content (AvgIpc) is 3.19. The monoisotopic (exact) mass is 946 g/mol. The van der Waals surface area contributed by atoms with E-state index in [1.165, 1.54) is 0 Å². The van der Waals surface area contributed by atoms with E-state index in [4.69, 9.17) is 31.5 Å². The highest BCUT2D eigenvalue weighted by Crippen LogP contribution is 2.22. The predicted octanol–water partition coefficient (Wildman–Crippen LogP) is 4.48. The number of carbonyl (C=O) groups excluding carboxylic acids is 7. The molecule has 0 radical (unpaired) electrons. The Labute approximate surface area is 390 Å². The highest BCUT2D eigenvalue weighted by molar-refractivity contribution is 6.30. The number of rotatable bonds is 22. The van der Waals surface area contributed by atoms with Gasteiger partial charge in [0.1, 0.15) is 34.9 Å². The van der Waals surface area contributed by atoms with Crippen molar-refractivity contribution in [1.82, 2.24) is 37.2 Å². The molecular weight excluding hydrogens is 880 g/mol. The van der Waals surface area contributed by atoms with E-state index in [0.717, 1.165) is 11.1 Å². The highest BCUT2D eigenvalue weighted by atomic mass is 35.5. The summed E-state index contributed by atoms with van der Waals surface area (Å²) < 4.78 is 15.7. The summed E-state index contributed by atoms with van der Waals surface area (Å²) in [6.07, 6.45) is -2.87. The Morgan fingerprint density at radius 1 is 0.545 bits per heavy atom. The van der Waals surface area contributed by atoms with Crippen molar-refractivity contribution >= 4 is 59.5 Å². The van der Waals surface area contributed by atoms with Gasteiger partial charge in [0.05, 0.1) is 6.54 Å². The summed E-state index contributed by atoms with van der Waals surface area (Å²) in [4.78, 5) is 103. The second-order valence-corrected chi connectivity index (χ2v) is 18.7. The van der Waals surface area contributed by atoms with Gasteiger partial charge in [0.15, 0.2) is 6.17 Å². The van der Waals surface area contributed by atoms with Crippen molar-refractivity contribution in [3.63, 3.8) is 0 Å². The average molecular weight is 948 g/mol. The molecule has 0 bridgehead atoms. The van der Waals surface area contributed by atoms with Gasteiger partial charge in [0, 0.05) is 23.7 Å². The molecule has 2 aromatic carbocycles. The van der Waals surface area contributed by atoms with Gasteiger partial charge >= 0.3 is 24.2 Å². The molecule has 66 heavy (non-hydrogen) atoms. The minimum atomic E-state index is -1.78. The Morgan fingerprint density at radius 2 is 0.955 bits per heavy atom. The minimum Gasteiger partial charge on any atom is -0.480 e. The number of alkyl carbamates (subject to hydrolysis) is 3. The van der Waals surface area contributed by atoms with Gasteiger partial charge in [-0.3, -0.25) is 19.2 Å². The van der Waals surface area contributed by atoms with Crippen molar-refractivity contribution < 1.29 is 57.7 Å². The Balaban J connectivity index is 2.25. The van der Waals surface area contributed by atoms with Gasteiger partial charge in [0.25, 0.3) is 11.8 Å². The summed E-state index contributed by atoms with van der Waals surface area (Å²) in [5, 5.41) is 27.8. The van der Waals surface area contributed by atoms with Crippen molar-refractivity contribution in [1.29, 1.82) is 0 Å². The first-order chi connectivity index (χ1) is 30.6. The zero-order valence-electron chi connectivity index (χ0n) is 39.2. The lowest BCUT2D eigenvalue weighted by atomic mass is 10.0. The van der Waals surface area contributed by atoms with Crippen LogP contribution in [0, 0.1) is 0 Å². The Kier molecular flexibility index (Phi) is 22.1. The highest BCUT2D eigenvalue weighted by Gasteiger charge is 2.31. The molecule has 0 aromatic heterocycles. The summed E-state index contributed by atoms with van der Waals surface area (Å²) in [5.41, 5.74) is 5.51. The van der Waals surface area contributed by atoms with Crippen LogP contribution in [0.15, 0.2) is 48.5 Å². The molecule has 21 heteroatoms. The van der Waals surface area contributed by atoms with Crippen LogP contribution in [0.3, 0.4) is 0 Å². The number of carboxylic acids is 1. The molecule has 0 heterocycles. The molecule has 0 saturated carbocycles. The van der Waals surface area contributed by atoms with Crippen molar-refractivity contribution in [2.24, 2.45) is 5.73 Å². The molecule has 4 atom stereocenters. The number of carbonyl (C=O) groups is 8. The fraction of sp³-hybridized carbons (Fsp3) is 0.556. The molecule has 7 amide bonds. The third kappa shape index (κ3) is 23.2. The van der Waals surface area contributed by atoms with Crippen LogP contribution in [0.1, 0.15) is 111 Å². The molecule has 0 saturated heterocycles. The van der Waals surface area contributed by atoms with Gasteiger partial charge in [-0.2, -0.15) is 0 Å². The number of amides is 7. The van der Waals surface area contributed by atoms with Crippen molar-refractivity contribution in [3.8, 4) is 11.1 Å². The second kappa shape index (κ2) is 26.1. The number of aliphatic carboxylic acids is 1. The Bertz CT molecular complexity index is 1960. The Morgan fingerprint density at radius 3 is 1.41 bits per heavy atom. The van der Waals surface area contributed by atoms with Gasteiger partial charge in [0.2, 0.25) is 11.8 Å². The van der Waals surface area contributed by atoms with Crippen LogP contribution in [0.4, 0.5) is 14.4 Å². The van der Waals surface area contributed by atoms with Crippen LogP contribution in [0.2, 0.25) is 5.02 Å². The lowest BCUT2D eigenvalue weighted by molar-refractivity contribution is -0.142. The molecule has 0 unspecified atom stereocenters. The minimum absolute atomic E-state index is 0.0370. The van der Waals surface area contributed by atoms with Gasteiger partial charge in [-0.05, 0) is 136 Å². The summed E-state index contributed by atoms with van der Waals surface area (Å²) in [6.45, 7) is 15.0. The van der Waals surface area contributed by atoms with Crippen LogP contribution in [-0.2, 0) is 33.4 Å². The molecule has 0 aliphatic rings. The number of halogens is 1. The van der Waals surface area contributed by atoms with E-state index in [1.54, 1.807) is 98.7 Å². The van der Waals surface area contributed by atoms with E-state index in [1.807, 2.05) is 12.1 Å². The van der Waals surface area contributed by atoms with E-state index in [2.05, 4.69) is 37.2 Å². The van der Waals surface area contributed by atoms with Gasteiger partial charge in [-0.1, -0.05) is 35.9 Å². The first-order valence-corrected chi connectivity index (χ1v) is 22.0. The maximum atomic E-state index is 14.0. The Hall–Kier alpha value is -6.15. The molecule has 0 fully saturated rings. The molecular formula is C45H67ClN8O12. The zero-order valence-corrected chi connectivity index (χ0v) is 39.9. The van der Waals surface area contributed by atoms with Crippen LogP contribution >= 0.6 is 11.6 Å². The quantitative estimate of drug-likeness (QED) is 0.0448. The summed E-state index contributed by atoms with van der Waals surface area (Å²) in [7, 11) is 0. The van der Waals surface area contributed by atoms with Crippen molar-refractivity contribution in [2.45, 2.75) is 142 Å². The van der Waals surface area contributed by atoms with E-state index in [9.17, 15) is 43.5 Å². The lowest BCUT2D eigenvalue weighted by Gasteiger charge is -2.26. The van der Waals surface area contributed by atoms with E-state index < -0.39 is 95.5 Å². The number of unbranched alkanes of at least 4 members (excludes halogenated alkanes) is 2. The van der Waals surface area contributed by atoms with E-state index in [-0.39, 0.29) is 44.3 Å². The van der Waals surface area contributed by atoms with Crippen LogP contribution in [0.5, 0.6) is 0 Å². The zero-order chi connectivity index (χ0) is 49.8. The van der Waals surface area contributed by atoms with Crippen LogP contribution in [-0.4, -0.2) is 114 Å². The largest absolute Gasteiger partial charge is 0.480 e. The number of ether oxygens (including phenoxy) is 3. The van der Waals surface area contributed by atoms with Gasteiger partial charge in [-0.25, -0.2) is 19.2 Å². The van der Waals surface area contributed by atoms with Gasteiger partial charge in [-0.15, -0.1) is 0 Å². The predicted molar refractivity (Wildman–Crippen MR) is 246 cm³/mol. The first-order valence-electron chi connectivity index (χ1n) is 21.6. The molecule has 0 aliphatic carbocycles. The number of nitrogens with one attached hydrogen (secondary N) is 7. The molecule has 10 N–H and O–H groups in total. The summed E-state index contributed by atoms with van der Waals surface area (Å²) in [5.74, 6) is -4.94. The third-order valence-corrected chi connectivity index (χ3v) is 9.05. The number of nitrogens with two attached hydrogens (primary N) is 1. The molecule has 366 valence electrons. The van der Waals surface area contributed by atoms with E-state index >= 15 is 0 Å². The SMILES string of the molecule is CC(C)(C)OC(=O)NCCCC[C@H](NC(=O)[C@H](N)NC(=O)[C@H](CCCCNC(=O)OC(C)(C)C)NC(=O)[C@H](CNC(=O)OC(C)(C)C)NC(=O)c1ccc(-c2ccc(Cl)cc2)cc1)C(=O)O. The maximum absolute atomic E-state index is 14.0. The second-order valence-electron chi connectivity index (χ2n) is 18.3. The standard InChI is InChI=1S/C45H67ClN8O12/c1-43(2,3)64-40(61)48-24-12-10-14-31(36(56)54-34(47)38(58)52-32(39(59)60)15-11-13-25-49-41(62)65-44(4,5)6)51-37(57)33(26-50-42(63)66-45(7,8)9)53-35(55)29-18-16-27(17-19-29)28-20-22-30(46)23-21-28/h16-23,31-34H,10-15,24-26,47H2,1-9H3,(H,48,61)(H,49,62)(H,50,63)(H,51,57)(H,52,58)(H,53,55)(H,54,56)(H,59,60)/t31-,32-,33-,34+/m0/s1. The van der Waals surface area contributed by atoms with Crippen molar-refractivity contribution in [2.75, 3.05) is 19.6 Å². The van der Waals surface area contributed by atoms with Crippen molar-refractivity contribution in [3.05, 3.63) is 59.1 Å². The number of carboxylic acid groups (broad SMARTS) is 1. The normalized spacial score (nSPS) is 13.3. The fourth-order valence-electron chi connectivity index (χ4n) is 5.74. The first kappa shape index (κ1) is 56.0. The lowest BCUT2D eigenvalue weighted by Crippen LogP contribution is -2.61. The topological polar surface area (TPSA) is 295 Å². The molecule has 2 aromatic rings. The summed E-state index contributed by atoms with van der Waals surface area (Å²) in [6, 6.07) is 9.31. The number of benzene rings is 2. The smallest absolute Gasteiger partial charge is 0.407 e. The maximum Gasteiger partial charge on any atom is 0.407 e.